The molecule has 0 saturated carbocycles. The number of imide groups is 1. The minimum absolute atomic E-state index is 0.0233. The van der Waals surface area contributed by atoms with Crippen molar-refractivity contribution in [1.82, 2.24) is 4.90 Å². The van der Waals surface area contributed by atoms with Gasteiger partial charge in [0.2, 0.25) is 0 Å². The zero-order valence-electron chi connectivity index (χ0n) is 14.2. The molecule has 1 aromatic rings. The Balaban J connectivity index is 2.35. The number of hydrogen-bond acceptors (Lipinski definition) is 5. The number of rotatable bonds is 6. The second kappa shape index (κ2) is 8.63. The number of methoxy groups -OCH3 is 1. The van der Waals surface area contributed by atoms with E-state index < -0.39 is 0 Å². The number of ether oxygens (including phenoxy) is 2. The quantitative estimate of drug-likeness (QED) is 0.355. The van der Waals surface area contributed by atoms with Gasteiger partial charge in [0, 0.05) is 0 Å². The van der Waals surface area contributed by atoms with E-state index in [9.17, 15) is 9.59 Å². The number of carbonyl (C=O) groups excluding carboxylic acids is 2. The van der Waals surface area contributed by atoms with E-state index in [0.29, 0.717) is 16.4 Å². The Morgan fingerprint density at radius 3 is 2.76 bits per heavy atom. The number of terminal acetylenes is 1. The summed E-state index contributed by atoms with van der Waals surface area (Å²) in [4.78, 5) is 25.5. The number of carbonyl (C=O) groups is 2. The van der Waals surface area contributed by atoms with Crippen LogP contribution in [0.1, 0.15) is 25.8 Å². The second-order valence-corrected chi connectivity index (χ2v) is 7.50. The predicted molar refractivity (Wildman–Crippen MR) is 108 cm³/mol. The standard InChI is InChI=1S/C18H18INO4S/c1-5-7-20-17(21)15(25-18(20)22)10-12-8-13(19)16(14(9-12)23-4)24-11(3)6-2/h1,8-11H,6-7H2,2-4H3/b15-10+. The third-order valence-corrected chi connectivity index (χ3v) is 5.28. The molecular weight excluding hydrogens is 453 g/mol. The molecule has 2 amide bonds. The highest BCUT2D eigenvalue weighted by Gasteiger charge is 2.34. The van der Waals surface area contributed by atoms with Crippen LogP contribution in [0.15, 0.2) is 17.0 Å². The number of amides is 2. The van der Waals surface area contributed by atoms with Gasteiger partial charge in [-0.05, 0) is 71.5 Å². The van der Waals surface area contributed by atoms with E-state index in [0.717, 1.165) is 32.2 Å². The SMILES string of the molecule is C#CCN1C(=O)S/C(=C/c2cc(I)c(OC(C)CC)c(OC)c2)C1=O. The molecule has 132 valence electrons. The highest BCUT2D eigenvalue weighted by atomic mass is 127. The van der Waals surface area contributed by atoms with E-state index in [2.05, 4.69) is 28.5 Å². The molecule has 0 aliphatic carbocycles. The lowest BCUT2D eigenvalue weighted by molar-refractivity contribution is -0.122. The Morgan fingerprint density at radius 2 is 2.16 bits per heavy atom. The van der Waals surface area contributed by atoms with Crippen LogP contribution < -0.4 is 9.47 Å². The minimum atomic E-state index is -0.373. The van der Waals surface area contributed by atoms with Crippen molar-refractivity contribution in [2.75, 3.05) is 13.7 Å². The molecule has 0 N–H and O–H groups in total. The van der Waals surface area contributed by atoms with E-state index >= 15 is 0 Å². The molecule has 0 bridgehead atoms. The van der Waals surface area contributed by atoms with Crippen LogP contribution in [0.5, 0.6) is 11.5 Å². The first-order valence-corrected chi connectivity index (χ1v) is 9.53. The summed E-state index contributed by atoms with van der Waals surface area (Å²) >= 11 is 3.05. The normalized spacial score (nSPS) is 16.9. The number of thioether (sulfide) groups is 1. The van der Waals surface area contributed by atoms with Crippen LogP contribution in [0, 0.1) is 15.9 Å². The van der Waals surface area contributed by atoms with Crippen molar-refractivity contribution >= 4 is 51.6 Å². The van der Waals surface area contributed by atoms with Gasteiger partial charge in [0.05, 0.1) is 28.2 Å². The van der Waals surface area contributed by atoms with Crippen LogP contribution in [0.3, 0.4) is 0 Å². The van der Waals surface area contributed by atoms with E-state index in [4.69, 9.17) is 15.9 Å². The van der Waals surface area contributed by atoms with Gasteiger partial charge in [0.15, 0.2) is 11.5 Å². The number of hydrogen-bond donors (Lipinski definition) is 0. The number of benzene rings is 1. The average molecular weight is 471 g/mol. The zero-order chi connectivity index (χ0) is 18.6. The first-order valence-electron chi connectivity index (χ1n) is 7.64. The Hall–Kier alpha value is -1.66. The van der Waals surface area contributed by atoms with Gasteiger partial charge in [-0.2, -0.15) is 0 Å². The van der Waals surface area contributed by atoms with Gasteiger partial charge in [0.25, 0.3) is 11.1 Å². The first kappa shape index (κ1) is 19.7. The minimum Gasteiger partial charge on any atom is -0.493 e. The van der Waals surface area contributed by atoms with Gasteiger partial charge in [-0.25, -0.2) is 0 Å². The summed E-state index contributed by atoms with van der Waals surface area (Å²) in [6, 6.07) is 3.67. The van der Waals surface area contributed by atoms with E-state index in [1.807, 2.05) is 19.9 Å². The second-order valence-electron chi connectivity index (χ2n) is 5.34. The molecule has 1 aromatic carbocycles. The van der Waals surface area contributed by atoms with Gasteiger partial charge in [-0.1, -0.05) is 12.8 Å². The number of nitrogens with zero attached hydrogens (tertiary/aromatic N) is 1. The molecule has 0 spiro atoms. The Labute approximate surface area is 165 Å². The lowest BCUT2D eigenvalue weighted by Gasteiger charge is -2.17. The lowest BCUT2D eigenvalue weighted by Crippen LogP contribution is -2.28. The molecule has 1 atom stereocenters. The molecule has 1 aliphatic heterocycles. The molecule has 0 radical (unpaired) electrons. The fourth-order valence-electron chi connectivity index (χ4n) is 2.10. The molecule has 1 aliphatic rings. The summed E-state index contributed by atoms with van der Waals surface area (Å²) < 4.78 is 12.2. The molecular formula is C18H18INO4S. The van der Waals surface area contributed by atoms with Gasteiger partial charge >= 0.3 is 0 Å². The monoisotopic (exact) mass is 471 g/mol. The Kier molecular flexibility index (Phi) is 6.79. The Bertz CT molecular complexity index is 769. The van der Waals surface area contributed by atoms with Crippen molar-refractivity contribution in [3.05, 3.63) is 26.2 Å². The van der Waals surface area contributed by atoms with Crippen LogP contribution >= 0.6 is 34.4 Å². The molecule has 0 aromatic heterocycles. The van der Waals surface area contributed by atoms with Crippen molar-refractivity contribution in [2.24, 2.45) is 0 Å². The molecule has 1 unspecified atom stereocenters. The topological polar surface area (TPSA) is 55.8 Å². The lowest BCUT2D eigenvalue weighted by atomic mass is 10.1. The summed E-state index contributed by atoms with van der Waals surface area (Å²) in [5.41, 5.74) is 0.754. The highest BCUT2D eigenvalue weighted by Crippen LogP contribution is 2.37. The predicted octanol–water partition coefficient (Wildman–Crippen LogP) is 4.15. The van der Waals surface area contributed by atoms with E-state index in [1.165, 1.54) is 0 Å². The van der Waals surface area contributed by atoms with Gasteiger partial charge in [-0.15, -0.1) is 6.42 Å². The molecule has 5 nitrogen and oxygen atoms in total. The van der Waals surface area contributed by atoms with Gasteiger partial charge in [0.1, 0.15) is 0 Å². The number of halogens is 1. The maximum atomic E-state index is 12.3. The van der Waals surface area contributed by atoms with Crippen molar-refractivity contribution in [1.29, 1.82) is 0 Å². The van der Waals surface area contributed by atoms with Crippen LogP contribution in [0.2, 0.25) is 0 Å². The van der Waals surface area contributed by atoms with Crippen molar-refractivity contribution < 1.29 is 19.1 Å². The third-order valence-electron chi connectivity index (χ3n) is 3.57. The van der Waals surface area contributed by atoms with Crippen LogP contribution in [-0.4, -0.2) is 35.8 Å². The van der Waals surface area contributed by atoms with E-state index in [-0.39, 0.29) is 23.8 Å². The van der Waals surface area contributed by atoms with Crippen molar-refractivity contribution in [3.63, 3.8) is 0 Å². The van der Waals surface area contributed by atoms with Gasteiger partial charge in [-0.3, -0.25) is 14.5 Å². The molecule has 2 rings (SSSR count). The summed E-state index contributed by atoms with van der Waals surface area (Å²) in [6.07, 6.45) is 7.81. The highest BCUT2D eigenvalue weighted by molar-refractivity contribution is 14.1. The molecule has 1 heterocycles. The maximum Gasteiger partial charge on any atom is 0.294 e. The maximum absolute atomic E-state index is 12.3. The van der Waals surface area contributed by atoms with Crippen LogP contribution in [0.4, 0.5) is 4.79 Å². The molecule has 25 heavy (non-hydrogen) atoms. The fraction of sp³-hybridized carbons (Fsp3) is 0.333. The smallest absolute Gasteiger partial charge is 0.294 e. The summed E-state index contributed by atoms with van der Waals surface area (Å²) in [5.74, 6) is 3.21. The van der Waals surface area contributed by atoms with E-state index in [1.54, 1.807) is 19.3 Å². The third kappa shape index (κ3) is 4.50. The molecule has 7 heteroatoms. The summed E-state index contributed by atoms with van der Waals surface area (Å²) in [7, 11) is 1.57. The van der Waals surface area contributed by atoms with Crippen LogP contribution in [-0.2, 0) is 4.79 Å². The van der Waals surface area contributed by atoms with Crippen molar-refractivity contribution in [2.45, 2.75) is 26.4 Å². The summed E-state index contributed by atoms with van der Waals surface area (Å²) in [5, 5.41) is -0.354. The zero-order valence-corrected chi connectivity index (χ0v) is 17.1. The first-order chi connectivity index (χ1) is 11.9. The molecule has 1 saturated heterocycles. The van der Waals surface area contributed by atoms with Crippen LogP contribution in [0.25, 0.3) is 6.08 Å². The molecule has 1 fully saturated rings. The largest absolute Gasteiger partial charge is 0.493 e. The van der Waals surface area contributed by atoms with Crippen molar-refractivity contribution in [3.8, 4) is 23.8 Å². The Morgan fingerprint density at radius 1 is 1.44 bits per heavy atom. The fourth-order valence-corrected chi connectivity index (χ4v) is 3.69. The average Bonchev–Trinajstić information content (AvgIpc) is 2.84. The summed E-state index contributed by atoms with van der Waals surface area (Å²) in [6.45, 7) is 4.01. The van der Waals surface area contributed by atoms with Gasteiger partial charge < -0.3 is 9.47 Å².